The molecule has 1 heterocycles. The van der Waals surface area contributed by atoms with Crippen LogP contribution >= 0.6 is 0 Å². The Balaban J connectivity index is 3.00. The summed E-state index contributed by atoms with van der Waals surface area (Å²) in [6, 6.07) is 0.281. The molecule has 1 aromatic heterocycles. The van der Waals surface area contributed by atoms with E-state index < -0.39 is 17.1 Å². The van der Waals surface area contributed by atoms with Gasteiger partial charge in [-0.1, -0.05) is 6.92 Å². The van der Waals surface area contributed by atoms with Gasteiger partial charge in [-0.25, -0.2) is 4.79 Å². The minimum absolute atomic E-state index is 0.281. The number of nitrogens with two attached hydrogens (primary N) is 1. The van der Waals surface area contributed by atoms with Crippen molar-refractivity contribution in [3.63, 3.8) is 0 Å². The molecule has 1 rings (SSSR count). The summed E-state index contributed by atoms with van der Waals surface area (Å²) < 4.78 is 7.31. The zero-order chi connectivity index (χ0) is 18.0. The predicted octanol–water partition coefficient (Wildman–Crippen LogP) is 2.82. The summed E-state index contributed by atoms with van der Waals surface area (Å²) in [5.74, 6) is 0. The third-order valence-electron chi connectivity index (χ3n) is 3.89. The van der Waals surface area contributed by atoms with Gasteiger partial charge in [-0.15, -0.1) is 0 Å². The summed E-state index contributed by atoms with van der Waals surface area (Å²) >= 11 is 0. The van der Waals surface area contributed by atoms with E-state index in [1.54, 1.807) is 0 Å². The summed E-state index contributed by atoms with van der Waals surface area (Å²) in [6.07, 6.45) is -0.427. The minimum Gasteiger partial charge on any atom is -0.444 e. The minimum atomic E-state index is -0.516. The van der Waals surface area contributed by atoms with E-state index in [1.807, 2.05) is 39.3 Å². The third kappa shape index (κ3) is 4.70. The van der Waals surface area contributed by atoms with Gasteiger partial charge in [-0.05, 0) is 48.5 Å². The van der Waals surface area contributed by atoms with E-state index >= 15 is 0 Å². The van der Waals surface area contributed by atoms with Crippen LogP contribution in [0, 0.1) is 13.8 Å². The largest absolute Gasteiger partial charge is 0.444 e. The number of carbonyl (C=O) groups is 1. The highest BCUT2D eigenvalue weighted by Crippen LogP contribution is 2.30. The standard InChI is InChI=1S/C17H32N4O2/c1-11(2)21-13(4)14(12(3)20-21)17(8,9-18)10-19-15(22)23-16(5,6)7/h11H,9-10,18H2,1-8H3,(H,19,22). The van der Waals surface area contributed by atoms with Gasteiger partial charge in [-0.2, -0.15) is 5.10 Å². The lowest BCUT2D eigenvalue weighted by molar-refractivity contribution is 0.0516. The van der Waals surface area contributed by atoms with Crippen LogP contribution in [0.2, 0.25) is 0 Å². The van der Waals surface area contributed by atoms with Crippen molar-refractivity contribution >= 4 is 6.09 Å². The molecule has 0 fully saturated rings. The van der Waals surface area contributed by atoms with Crippen LogP contribution in [0.15, 0.2) is 0 Å². The van der Waals surface area contributed by atoms with Crippen molar-refractivity contribution in [2.75, 3.05) is 13.1 Å². The first-order valence-electron chi connectivity index (χ1n) is 8.14. The first-order chi connectivity index (χ1) is 10.4. The van der Waals surface area contributed by atoms with Crippen LogP contribution in [0.4, 0.5) is 4.79 Å². The Kier molecular flexibility index (Phi) is 5.85. The first-order valence-corrected chi connectivity index (χ1v) is 8.14. The molecule has 1 unspecified atom stereocenters. The van der Waals surface area contributed by atoms with E-state index in [9.17, 15) is 4.79 Å². The fourth-order valence-electron chi connectivity index (χ4n) is 2.88. The second-order valence-electron chi connectivity index (χ2n) is 7.70. The number of aromatic nitrogens is 2. The topological polar surface area (TPSA) is 82.2 Å². The van der Waals surface area contributed by atoms with Gasteiger partial charge in [0.1, 0.15) is 5.60 Å². The first kappa shape index (κ1) is 19.5. The van der Waals surface area contributed by atoms with Gasteiger partial charge in [0.05, 0.1) is 5.69 Å². The number of carbonyl (C=O) groups excluding carboxylic acids is 1. The molecule has 0 aliphatic heterocycles. The maximum absolute atomic E-state index is 11.9. The van der Waals surface area contributed by atoms with Gasteiger partial charge in [0.25, 0.3) is 0 Å². The molecular formula is C17H32N4O2. The number of hydrogen-bond donors (Lipinski definition) is 2. The quantitative estimate of drug-likeness (QED) is 0.872. The Bertz CT molecular complexity index is 558. The fraction of sp³-hybridized carbons (Fsp3) is 0.765. The van der Waals surface area contributed by atoms with Crippen molar-refractivity contribution < 1.29 is 9.53 Å². The molecule has 0 radical (unpaired) electrons. The van der Waals surface area contributed by atoms with Crippen LogP contribution in [0.3, 0.4) is 0 Å². The fourth-order valence-corrected chi connectivity index (χ4v) is 2.88. The smallest absolute Gasteiger partial charge is 0.407 e. The lowest BCUT2D eigenvalue weighted by Crippen LogP contribution is -2.45. The average molecular weight is 324 g/mol. The molecule has 3 N–H and O–H groups in total. The highest BCUT2D eigenvalue weighted by Gasteiger charge is 2.33. The number of rotatable bonds is 5. The molecule has 23 heavy (non-hydrogen) atoms. The average Bonchev–Trinajstić information content (AvgIpc) is 2.70. The highest BCUT2D eigenvalue weighted by molar-refractivity contribution is 5.67. The molecule has 0 saturated heterocycles. The second-order valence-corrected chi connectivity index (χ2v) is 7.70. The lowest BCUT2D eigenvalue weighted by Gasteiger charge is -2.30. The lowest BCUT2D eigenvalue weighted by atomic mass is 9.81. The molecule has 0 bridgehead atoms. The van der Waals surface area contributed by atoms with E-state index in [-0.39, 0.29) is 6.04 Å². The summed E-state index contributed by atoms with van der Waals surface area (Å²) in [5, 5.41) is 7.47. The van der Waals surface area contributed by atoms with Crippen LogP contribution in [0.5, 0.6) is 0 Å². The van der Waals surface area contributed by atoms with Crippen molar-refractivity contribution in [2.24, 2.45) is 5.73 Å². The molecule has 6 heteroatoms. The molecule has 6 nitrogen and oxygen atoms in total. The SMILES string of the molecule is Cc1nn(C(C)C)c(C)c1C(C)(CN)CNC(=O)OC(C)(C)C. The van der Waals surface area contributed by atoms with E-state index in [2.05, 4.69) is 31.2 Å². The molecule has 0 aromatic carbocycles. The van der Waals surface area contributed by atoms with Crippen LogP contribution in [-0.2, 0) is 10.2 Å². The van der Waals surface area contributed by atoms with Crippen LogP contribution in [0.25, 0.3) is 0 Å². The second kappa shape index (κ2) is 6.91. The number of aryl methyl sites for hydroxylation is 1. The third-order valence-corrected chi connectivity index (χ3v) is 3.89. The van der Waals surface area contributed by atoms with Gasteiger partial charge < -0.3 is 15.8 Å². The van der Waals surface area contributed by atoms with E-state index in [1.165, 1.54) is 0 Å². The number of amides is 1. The number of hydrogen-bond acceptors (Lipinski definition) is 4. The van der Waals surface area contributed by atoms with Crippen molar-refractivity contribution in [1.82, 2.24) is 15.1 Å². The van der Waals surface area contributed by atoms with E-state index in [4.69, 9.17) is 10.5 Å². The van der Waals surface area contributed by atoms with Gasteiger partial charge in [-0.3, -0.25) is 4.68 Å². The molecule has 1 aromatic rings. The maximum atomic E-state index is 11.9. The summed E-state index contributed by atoms with van der Waals surface area (Å²) in [7, 11) is 0. The Hall–Kier alpha value is -1.56. The van der Waals surface area contributed by atoms with Crippen LogP contribution in [-0.4, -0.2) is 34.6 Å². The zero-order valence-electron chi connectivity index (χ0n) is 15.8. The molecule has 1 atom stereocenters. The van der Waals surface area contributed by atoms with Crippen molar-refractivity contribution in [3.05, 3.63) is 17.0 Å². The number of ether oxygens (including phenoxy) is 1. The summed E-state index contributed by atoms with van der Waals surface area (Å²) in [4.78, 5) is 11.9. The highest BCUT2D eigenvalue weighted by atomic mass is 16.6. The number of alkyl carbamates (subject to hydrolysis) is 1. The van der Waals surface area contributed by atoms with Gasteiger partial charge in [0.2, 0.25) is 0 Å². The Labute approximate surface area is 139 Å². The summed E-state index contributed by atoms with van der Waals surface area (Å²) in [5.41, 5.74) is 8.29. The predicted molar refractivity (Wildman–Crippen MR) is 92.7 cm³/mol. The van der Waals surface area contributed by atoms with Crippen molar-refractivity contribution in [1.29, 1.82) is 0 Å². The van der Waals surface area contributed by atoms with Crippen molar-refractivity contribution in [2.45, 2.75) is 72.4 Å². The Morgan fingerprint density at radius 2 is 1.87 bits per heavy atom. The van der Waals surface area contributed by atoms with Crippen LogP contribution < -0.4 is 11.1 Å². The van der Waals surface area contributed by atoms with Gasteiger partial charge in [0.15, 0.2) is 0 Å². The van der Waals surface area contributed by atoms with E-state index in [0.29, 0.717) is 13.1 Å². The Morgan fingerprint density at radius 3 is 2.26 bits per heavy atom. The molecular weight excluding hydrogens is 292 g/mol. The van der Waals surface area contributed by atoms with Gasteiger partial charge in [0, 0.05) is 35.8 Å². The molecule has 0 saturated carbocycles. The monoisotopic (exact) mass is 324 g/mol. The molecule has 132 valence electrons. The number of nitrogens with one attached hydrogen (secondary N) is 1. The Morgan fingerprint density at radius 1 is 1.30 bits per heavy atom. The van der Waals surface area contributed by atoms with Crippen molar-refractivity contribution in [3.8, 4) is 0 Å². The normalized spacial score (nSPS) is 14.7. The molecule has 0 aliphatic rings. The van der Waals surface area contributed by atoms with E-state index in [0.717, 1.165) is 17.0 Å². The van der Waals surface area contributed by atoms with Gasteiger partial charge >= 0.3 is 6.09 Å². The summed E-state index contributed by atoms with van der Waals surface area (Å²) in [6.45, 7) is 16.6. The molecule has 1 amide bonds. The molecule has 0 spiro atoms. The molecule has 0 aliphatic carbocycles. The van der Waals surface area contributed by atoms with Crippen LogP contribution in [0.1, 0.15) is 64.5 Å². The maximum Gasteiger partial charge on any atom is 0.407 e. The number of nitrogens with zero attached hydrogens (tertiary/aromatic N) is 2. The zero-order valence-corrected chi connectivity index (χ0v) is 15.8.